The van der Waals surface area contributed by atoms with Crippen LogP contribution in [0.2, 0.25) is 0 Å². The second-order valence-corrected chi connectivity index (χ2v) is 5.17. The van der Waals surface area contributed by atoms with Crippen LogP contribution in [0, 0.1) is 31.6 Å². The van der Waals surface area contributed by atoms with E-state index in [0.29, 0.717) is 11.1 Å². The van der Waals surface area contributed by atoms with Crippen LogP contribution >= 0.6 is 0 Å². The van der Waals surface area contributed by atoms with Crippen LogP contribution in [0.3, 0.4) is 0 Å². The number of allylic oxidation sites excluding steroid dienone is 2. The quantitative estimate of drug-likeness (QED) is 0.361. The molecule has 2 heteroatoms. The summed E-state index contributed by atoms with van der Waals surface area (Å²) in [5, 5.41) is 0. The van der Waals surface area contributed by atoms with Gasteiger partial charge in [-0.3, -0.25) is 9.59 Å². The maximum Gasteiger partial charge on any atom is 0.196 e. The van der Waals surface area contributed by atoms with Crippen molar-refractivity contribution >= 4 is 11.6 Å². The fraction of sp³-hybridized carbons (Fsp3) is 0. The standard InChI is InChI=1S/C21H15O2/c22-20(17-11-3-1-4-12-17)19(15-16-9-7-8-10-16)21(23)18-13-5-2-6-14-18/h1-15H. The molecule has 0 spiro atoms. The predicted octanol–water partition coefficient (Wildman–Crippen LogP) is 4.08. The first-order valence-electron chi connectivity index (χ1n) is 7.38. The third-order valence-electron chi connectivity index (χ3n) is 3.56. The average Bonchev–Trinajstić information content (AvgIpc) is 3.13. The lowest BCUT2D eigenvalue weighted by atomic mass is 9.92. The SMILES string of the molecule is O=C(C(=C[C]1[CH][CH][CH][CH]1)C(=O)c1ccccc1)c1ccccc1. The molecule has 0 bridgehead atoms. The van der Waals surface area contributed by atoms with Gasteiger partial charge in [0.1, 0.15) is 0 Å². The van der Waals surface area contributed by atoms with Crippen LogP contribution in [0.25, 0.3) is 0 Å². The number of ketones is 2. The first kappa shape index (κ1) is 15.4. The van der Waals surface area contributed by atoms with Crippen molar-refractivity contribution in [2.24, 2.45) is 0 Å². The second-order valence-electron chi connectivity index (χ2n) is 5.17. The van der Waals surface area contributed by atoms with E-state index in [1.807, 2.05) is 37.8 Å². The lowest BCUT2D eigenvalue weighted by molar-refractivity contribution is 0.0962. The zero-order valence-corrected chi connectivity index (χ0v) is 12.5. The van der Waals surface area contributed by atoms with Crippen molar-refractivity contribution in [2.75, 3.05) is 0 Å². The molecule has 0 unspecified atom stereocenters. The number of hydrogen-bond acceptors (Lipinski definition) is 2. The van der Waals surface area contributed by atoms with Gasteiger partial charge in [0, 0.05) is 17.0 Å². The minimum absolute atomic E-state index is 0.175. The molecule has 2 aromatic carbocycles. The molecular weight excluding hydrogens is 284 g/mol. The highest BCUT2D eigenvalue weighted by atomic mass is 16.1. The van der Waals surface area contributed by atoms with Crippen LogP contribution < -0.4 is 0 Å². The molecule has 1 fully saturated rings. The van der Waals surface area contributed by atoms with Crippen LogP contribution in [0.4, 0.5) is 0 Å². The van der Waals surface area contributed by atoms with Gasteiger partial charge in [0.05, 0.1) is 5.57 Å². The van der Waals surface area contributed by atoms with Crippen LogP contribution in [0.15, 0.2) is 72.3 Å². The van der Waals surface area contributed by atoms with Gasteiger partial charge in [0.2, 0.25) is 0 Å². The molecule has 3 rings (SSSR count). The molecular formula is C21H15O2. The first-order chi connectivity index (χ1) is 11.3. The van der Waals surface area contributed by atoms with Crippen molar-refractivity contribution in [1.82, 2.24) is 0 Å². The zero-order valence-electron chi connectivity index (χ0n) is 12.5. The van der Waals surface area contributed by atoms with Crippen molar-refractivity contribution in [1.29, 1.82) is 0 Å². The van der Waals surface area contributed by atoms with Gasteiger partial charge in [-0.05, 0) is 25.7 Å². The van der Waals surface area contributed by atoms with Gasteiger partial charge in [-0.25, -0.2) is 0 Å². The number of carbonyl (C=O) groups excluding carboxylic acids is 2. The Kier molecular flexibility index (Phi) is 4.82. The number of rotatable bonds is 5. The summed E-state index contributed by atoms with van der Waals surface area (Å²) in [6.45, 7) is 0. The maximum atomic E-state index is 12.8. The van der Waals surface area contributed by atoms with E-state index >= 15 is 0 Å². The highest BCUT2D eigenvalue weighted by Gasteiger charge is 2.24. The molecule has 2 nitrogen and oxygen atoms in total. The Morgan fingerprint density at radius 3 is 1.52 bits per heavy atom. The van der Waals surface area contributed by atoms with Crippen LogP contribution in [0.5, 0.6) is 0 Å². The summed E-state index contributed by atoms with van der Waals surface area (Å²) in [7, 11) is 0. The van der Waals surface area contributed by atoms with E-state index in [-0.39, 0.29) is 17.1 Å². The van der Waals surface area contributed by atoms with Gasteiger partial charge < -0.3 is 0 Å². The third-order valence-corrected chi connectivity index (χ3v) is 3.56. The highest BCUT2D eigenvalue weighted by molar-refractivity contribution is 6.31. The summed E-state index contributed by atoms with van der Waals surface area (Å²) in [5.74, 6) is 0.315. The van der Waals surface area contributed by atoms with Crippen molar-refractivity contribution < 1.29 is 9.59 Å². The van der Waals surface area contributed by atoms with Crippen molar-refractivity contribution in [3.8, 4) is 0 Å². The summed E-state index contributed by atoms with van der Waals surface area (Å²) in [6, 6.07) is 17.7. The molecule has 1 saturated carbocycles. The monoisotopic (exact) mass is 299 g/mol. The van der Waals surface area contributed by atoms with E-state index in [4.69, 9.17) is 0 Å². The van der Waals surface area contributed by atoms with Gasteiger partial charge in [-0.2, -0.15) is 0 Å². The Hall–Kier alpha value is -2.48. The number of Topliss-reactive ketones (excluding diaryl/α,β-unsaturated/α-hetero) is 2. The maximum absolute atomic E-state index is 12.8. The van der Waals surface area contributed by atoms with Crippen molar-refractivity contribution in [3.63, 3.8) is 0 Å². The third kappa shape index (κ3) is 3.65. The minimum Gasteiger partial charge on any atom is -0.288 e. The lowest BCUT2D eigenvalue weighted by Gasteiger charge is -2.09. The molecule has 111 valence electrons. The minimum atomic E-state index is -0.263. The number of benzene rings is 2. The van der Waals surface area contributed by atoms with Crippen molar-refractivity contribution in [3.05, 3.63) is 115 Å². The molecule has 0 aromatic heterocycles. The summed E-state index contributed by atoms with van der Waals surface area (Å²) in [5.41, 5.74) is 1.19. The molecule has 23 heavy (non-hydrogen) atoms. The molecule has 5 radical (unpaired) electrons. The Balaban J connectivity index is 1.97. The van der Waals surface area contributed by atoms with Gasteiger partial charge in [0.25, 0.3) is 0 Å². The molecule has 0 N–H and O–H groups in total. The molecule has 2 aromatic rings. The fourth-order valence-electron chi connectivity index (χ4n) is 2.38. The van der Waals surface area contributed by atoms with E-state index in [1.54, 1.807) is 54.6 Å². The zero-order chi connectivity index (χ0) is 16.1. The van der Waals surface area contributed by atoms with E-state index in [9.17, 15) is 9.59 Å². The molecule has 1 aliphatic carbocycles. The van der Waals surface area contributed by atoms with E-state index < -0.39 is 0 Å². The van der Waals surface area contributed by atoms with Crippen LogP contribution in [-0.4, -0.2) is 11.6 Å². The summed E-state index contributed by atoms with van der Waals surface area (Å²) in [4.78, 5) is 25.6. The Morgan fingerprint density at radius 1 is 0.652 bits per heavy atom. The number of carbonyl (C=O) groups is 2. The smallest absolute Gasteiger partial charge is 0.196 e. The van der Waals surface area contributed by atoms with E-state index in [2.05, 4.69) is 0 Å². The Morgan fingerprint density at radius 2 is 1.09 bits per heavy atom. The first-order valence-corrected chi connectivity index (χ1v) is 7.38. The average molecular weight is 299 g/mol. The number of hydrogen-bond donors (Lipinski definition) is 0. The van der Waals surface area contributed by atoms with Gasteiger partial charge >= 0.3 is 0 Å². The van der Waals surface area contributed by atoms with Crippen LogP contribution in [0.1, 0.15) is 20.7 Å². The fourth-order valence-corrected chi connectivity index (χ4v) is 2.38. The predicted molar refractivity (Wildman–Crippen MR) is 90.1 cm³/mol. The molecule has 0 aliphatic heterocycles. The van der Waals surface area contributed by atoms with Crippen molar-refractivity contribution in [2.45, 2.75) is 0 Å². The highest BCUT2D eigenvalue weighted by Crippen LogP contribution is 2.27. The Labute approximate surface area is 136 Å². The largest absolute Gasteiger partial charge is 0.288 e. The van der Waals surface area contributed by atoms with Gasteiger partial charge in [-0.1, -0.05) is 66.7 Å². The Bertz CT molecular complexity index is 655. The second kappa shape index (κ2) is 7.19. The lowest BCUT2D eigenvalue weighted by Crippen LogP contribution is -2.15. The molecule has 1 aliphatic rings. The molecule has 0 saturated heterocycles. The normalized spacial score (nSPS) is 14.4. The molecule has 0 amide bonds. The summed E-state index contributed by atoms with van der Waals surface area (Å²) in [6.07, 6.45) is 9.16. The van der Waals surface area contributed by atoms with E-state index in [1.165, 1.54) is 0 Å². The van der Waals surface area contributed by atoms with Crippen LogP contribution in [-0.2, 0) is 0 Å². The topological polar surface area (TPSA) is 34.1 Å². The molecule has 0 atom stereocenters. The summed E-state index contributed by atoms with van der Waals surface area (Å²) >= 11 is 0. The van der Waals surface area contributed by atoms with Gasteiger partial charge in [-0.15, -0.1) is 0 Å². The summed E-state index contributed by atoms with van der Waals surface area (Å²) < 4.78 is 0. The molecule has 0 heterocycles. The van der Waals surface area contributed by atoms with Gasteiger partial charge in [0.15, 0.2) is 11.6 Å². The van der Waals surface area contributed by atoms with E-state index in [0.717, 1.165) is 5.92 Å².